The smallest absolute Gasteiger partial charge is 0.252 e. The summed E-state index contributed by atoms with van der Waals surface area (Å²) in [6, 6.07) is 18.0. The van der Waals surface area contributed by atoms with E-state index in [1.54, 1.807) is 0 Å². The lowest BCUT2D eigenvalue weighted by Gasteiger charge is -2.31. The van der Waals surface area contributed by atoms with Crippen molar-refractivity contribution in [1.82, 2.24) is 30.1 Å². The largest absolute Gasteiger partial charge is 0.494 e. The van der Waals surface area contributed by atoms with Crippen LogP contribution in [0.25, 0.3) is 10.9 Å². The van der Waals surface area contributed by atoms with Gasteiger partial charge in [-0.2, -0.15) is 0 Å². The van der Waals surface area contributed by atoms with Crippen molar-refractivity contribution in [1.29, 1.82) is 0 Å². The summed E-state index contributed by atoms with van der Waals surface area (Å²) in [4.78, 5) is 18.6. The third kappa shape index (κ3) is 6.11. The second-order valence-corrected chi connectivity index (χ2v) is 9.86. The van der Waals surface area contributed by atoms with Crippen LogP contribution in [-0.4, -0.2) is 49.4 Å². The van der Waals surface area contributed by atoms with Crippen molar-refractivity contribution in [2.24, 2.45) is 0 Å². The highest BCUT2D eigenvalue weighted by Crippen LogP contribution is 2.29. The van der Waals surface area contributed by atoms with Crippen LogP contribution in [0.1, 0.15) is 62.5 Å². The number of rotatable bonds is 12. The van der Waals surface area contributed by atoms with Gasteiger partial charge in [-0.3, -0.25) is 9.69 Å². The molecule has 9 nitrogen and oxygen atoms in total. The highest BCUT2D eigenvalue weighted by atomic mass is 16.5. The highest BCUT2D eigenvalue weighted by molar-refractivity contribution is 5.80. The van der Waals surface area contributed by atoms with Crippen LogP contribution < -0.4 is 10.3 Å². The van der Waals surface area contributed by atoms with E-state index in [2.05, 4.69) is 44.5 Å². The summed E-state index contributed by atoms with van der Waals surface area (Å²) in [6.07, 6.45) is 4.02. The average Bonchev–Trinajstić information content (AvgIpc) is 3.61. The number of benzene rings is 2. The van der Waals surface area contributed by atoms with Gasteiger partial charge in [0.2, 0.25) is 0 Å². The van der Waals surface area contributed by atoms with Gasteiger partial charge in [-0.05, 0) is 66.4 Å². The van der Waals surface area contributed by atoms with Gasteiger partial charge in [0.05, 0.1) is 25.3 Å². The summed E-state index contributed by atoms with van der Waals surface area (Å²) in [5, 5.41) is 13.8. The van der Waals surface area contributed by atoms with Gasteiger partial charge in [0, 0.05) is 36.2 Å². The van der Waals surface area contributed by atoms with E-state index < -0.39 is 0 Å². The number of nitrogens with zero attached hydrogens (tertiary/aromatic N) is 5. The van der Waals surface area contributed by atoms with Gasteiger partial charge in [-0.25, -0.2) is 4.68 Å². The average molecular weight is 517 g/mol. The number of hydrogen-bond donors (Lipinski definition) is 1. The highest BCUT2D eigenvalue weighted by Gasteiger charge is 2.28. The number of aromatic nitrogens is 5. The summed E-state index contributed by atoms with van der Waals surface area (Å²) in [5.74, 6) is 1.60. The molecule has 2 aromatic carbocycles. The number of hydrogen-bond acceptors (Lipinski definition) is 7. The second-order valence-electron chi connectivity index (χ2n) is 9.86. The van der Waals surface area contributed by atoms with Crippen LogP contribution in [0.5, 0.6) is 5.75 Å². The first-order chi connectivity index (χ1) is 18.6. The summed E-state index contributed by atoms with van der Waals surface area (Å²) >= 11 is 0. The zero-order valence-electron chi connectivity index (χ0n) is 22.2. The zero-order valence-corrected chi connectivity index (χ0v) is 22.2. The van der Waals surface area contributed by atoms with Crippen molar-refractivity contribution in [3.63, 3.8) is 0 Å². The predicted molar refractivity (Wildman–Crippen MR) is 146 cm³/mol. The Hall–Kier alpha value is -3.56. The minimum atomic E-state index is -0.0890. The molecule has 2 atom stereocenters. The van der Waals surface area contributed by atoms with Gasteiger partial charge in [-0.1, -0.05) is 43.7 Å². The lowest BCUT2D eigenvalue weighted by atomic mass is 10.1. The molecule has 1 aliphatic rings. The van der Waals surface area contributed by atoms with Gasteiger partial charge in [-0.15, -0.1) is 5.10 Å². The van der Waals surface area contributed by atoms with Crippen molar-refractivity contribution in [2.45, 2.75) is 71.3 Å². The molecular formula is C29H36N6O3. The fourth-order valence-electron chi connectivity index (χ4n) is 5.23. The lowest BCUT2D eigenvalue weighted by molar-refractivity contribution is 0.0885. The van der Waals surface area contributed by atoms with Crippen molar-refractivity contribution >= 4 is 10.9 Å². The normalized spacial score (nSPS) is 16.3. The van der Waals surface area contributed by atoms with E-state index >= 15 is 0 Å². The van der Waals surface area contributed by atoms with Crippen LogP contribution in [0.15, 0.2) is 59.4 Å². The summed E-state index contributed by atoms with van der Waals surface area (Å²) in [5.41, 5.74) is 2.57. The Balaban J connectivity index is 1.51. The molecule has 0 bridgehead atoms. The molecule has 0 radical (unpaired) electrons. The molecule has 3 heterocycles. The molecule has 5 rings (SSSR count). The lowest BCUT2D eigenvalue weighted by Crippen LogP contribution is -2.33. The fourth-order valence-corrected chi connectivity index (χ4v) is 5.23. The first kappa shape index (κ1) is 26.1. The van der Waals surface area contributed by atoms with Crippen molar-refractivity contribution < 1.29 is 9.47 Å². The Morgan fingerprint density at radius 1 is 1.16 bits per heavy atom. The van der Waals surface area contributed by atoms with Gasteiger partial charge < -0.3 is 14.5 Å². The second kappa shape index (κ2) is 12.3. The Bertz CT molecular complexity index is 1380. The van der Waals surface area contributed by atoms with Crippen LogP contribution in [0.3, 0.4) is 0 Å². The molecule has 38 heavy (non-hydrogen) atoms. The maximum absolute atomic E-state index is 13.2. The fraction of sp³-hybridized carbons (Fsp3) is 0.448. The molecule has 1 fully saturated rings. The van der Waals surface area contributed by atoms with E-state index in [1.807, 2.05) is 54.1 Å². The minimum Gasteiger partial charge on any atom is -0.494 e. The maximum atomic E-state index is 13.2. The van der Waals surface area contributed by atoms with E-state index in [4.69, 9.17) is 9.47 Å². The molecule has 9 heteroatoms. The quantitative estimate of drug-likeness (QED) is 0.293. The molecule has 1 saturated heterocycles. The third-order valence-corrected chi connectivity index (χ3v) is 7.07. The van der Waals surface area contributed by atoms with E-state index in [9.17, 15) is 4.79 Å². The first-order valence-electron chi connectivity index (χ1n) is 13.6. The van der Waals surface area contributed by atoms with E-state index in [0.717, 1.165) is 54.8 Å². The van der Waals surface area contributed by atoms with Gasteiger partial charge in [0.15, 0.2) is 5.82 Å². The molecule has 4 aromatic rings. The summed E-state index contributed by atoms with van der Waals surface area (Å²) < 4.78 is 13.5. The van der Waals surface area contributed by atoms with Crippen LogP contribution in [-0.2, 0) is 24.4 Å². The monoisotopic (exact) mass is 516 g/mol. The van der Waals surface area contributed by atoms with Gasteiger partial charge in [0.25, 0.3) is 5.56 Å². The number of tetrazole rings is 1. The summed E-state index contributed by atoms with van der Waals surface area (Å²) in [6.45, 7) is 7.26. The molecule has 1 N–H and O–H groups in total. The Labute approximate surface area is 222 Å². The predicted octanol–water partition coefficient (Wildman–Crippen LogP) is 4.64. The van der Waals surface area contributed by atoms with E-state index in [0.29, 0.717) is 31.8 Å². The molecule has 0 aliphatic carbocycles. The number of nitrogens with one attached hydrogen (secondary N) is 1. The van der Waals surface area contributed by atoms with E-state index in [-0.39, 0.29) is 17.7 Å². The van der Waals surface area contributed by atoms with Crippen LogP contribution in [0.4, 0.5) is 0 Å². The molecule has 2 aromatic heterocycles. The van der Waals surface area contributed by atoms with Crippen molar-refractivity contribution in [3.05, 3.63) is 81.9 Å². The van der Waals surface area contributed by atoms with Crippen LogP contribution >= 0.6 is 0 Å². The molecular weight excluding hydrogens is 480 g/mol. The van der Waals surface area contributed by atoms with E-state index in [1.165, 1.54) is 5.56 Å². The van der Waals surface area contributed by atoms with Gasteiger partial charge in [0.1, 0.15) is 5.75 Å². The molecule has 0 unspecified atom stereocenters. The SMILES string of the molecule is CCC[C@@H](c1nnnn1C[C@H]1CCCO1)N(Cc1ccccc1)Cc1cc2cc(OCC)ccc2[nH]c1=O. The summed E-state index contributed by atoms with van der Waals surface area (Å²) in [7, 11) is 0. The minimum absolute atomic E-state index is 0.0681. The number of aromatic amines is 1. The number of H-pyrrole nitrogens is 1. The number of fused-ring (bicyclic) bond motifs is 1. The maximum Gasteiger partial charge on any atom is 0.252 e. The van der Waals surface area contributed by atoms with Gasteiger partial charge >= 0.3 is 0 Å². The number of ether oxygens (including phenoxy) is 2. The molecule has 0 amide bonds. The molecule has 0 spiro atoms. The Kier molecular flexibility index (Phi) is 8.45. The number of pyridine rings is 1. The molecule has 0 saturated carbocycles. The Morgan fingerprint density at radius 3 is 2.79 bits per heavy atom. The molecule has 1 aliphatic heterocycles. The van der Waals surface area contributed by atoms with Crippen molar-refractivity contribution in [3.8, 4) is 5.75 Å². The Morgan fingerprint density at radius 2 is 2.03 bits per heavy atom. The van der Waals surface area contributed by atoms with Crippen molar-refractivity contribution in [2.75, 3.05) is 13.2 Å². The standard InChI is InChI=1S/C29H36N6O3/c1-3-9-27(28-31-32-33-35(28)20-25-12-8-15-38-25)34(18-21-10-6-5-7-11-21)19-23-16-22-17-24(37-4-2)13-14-26(22)30-29(23)36/h5-7,10-11,13-14,16-17,25,27H,3-4,8-9,12,15,18-20H2,1-2H3,(H,30,36)/t25-,27+/m1/s1. The zero-order chi connectivity index (χ0) is 26.3. The first-order valence-corrected chi connectivity index (χ1v) is 13.6. The topological polar surface area (TPSA) is 98.2 Å². The molecule has 200 valence electrons. The van der Waals surface area contributed by atoms with Crippen LogP contribution in [0.2, 0.25) is 0 Å². The van der Waals surface area contributed by atoms with Crippen LogP contribution in [0, 0.1) is 0 Å². The third-order valence-electron chi connectivity index (χ3n) is 7.07.